The third kappa shape index (κ3) is 13.7. The van der Waals surface area contributed by atoms with Crippen molar-refractivity contribution in [3.63, 3.8) is 0 Å². The average Bonchev–Trinajstić information content (AvgIpc) is 3.20. The fourth-order valence-electron chi connectivity index (χ4n) is 5.65. The Labute approximate surface area is 336 Å². The number of halogens is 1. The fraction of sp³-hybridized carbons (Fsp3) is 0.571. The van der Waals surface area contributed by atoms with E-state index in [4.69, 9.17) is 64.5 Å². The molecule has 1 aromatic carbocycles. The summed E-state index contributed by atoms with van der Waals surface area (Å²) in [6.45, 7) is -1.52. The molecule has 0 saturated carbocycles. The molecule has 1 aromatic rings. The van der Waals surface area contributed by atoms with Crippen LogP contribution in [0.25, 0.3) is 0 Å². The van der Waals surface area contributed by atoms with Gasteiger partial charge in [-0.3, -0.25) is 43.2 Å². The van der Waals surface area contributed by atoms with E-state index in [1.807, 2.05) is 0 Å². The molecule has 2 heterocycles. The highest BCUT2D eigenvalue weighted by Crippen LogP contribution is 2.35. The number of ether oxygens (including phenoxy) is 10. The van der Waals surface area contributed by atoms with Crippen LogP contribution in [0.5, 0.6) is 0 Å². The number of anilines is 1. The highest BCUT2D eigenvalue weighted by Gasteiger charge is 2.57. The van der Waals surface area contributed by atoms with Gasteiger partial charge in [0.2, 0.25) is 5.91 Å². The Bertz CT molecular complexity index is 1810. The SMILES string of the molecule is [2H]CC(=O)OC[C@H]1OC(O[C@H]2[C@H](OC(C)=O)[C@@H](OC(C)=O)[C@H](NC(=O)c3ccc(Cl)c(NC(C)=O)c3)O[C@@H]2COC(C)=O)[C@H](OC(=O)C[2H])[C@@H](OC(=O)C[2H])[C@@H]1OC(=O)C[2H]. The molecule has 0 radical (unpaired) electrons. The molecule has 2 saturated heterocycles. The molecule has 2 fully saturated rings. The van der Waals surface area contributed by atoms with Crippen LogP contribution in [0.2, 0.25) is 5.02 Å². The topological polar surface area (TPSA) is 270 Å². The predicted octanol–water partition coefficient (Wildman–Crippen LogP) is 0.648. The van der Waals surface area contributed by atoms with Crippen LogP contribution in [0.1, 0.15) is 71.1 Å². The second-order valence-corrected chi connectivity index (χ2v) is 12.5. The summed E-state index contributed by atoms with van der Waals surface area (Å²) in [7, 11) is 0. The smallest absolute Gasteiger partial charge is 0.303 e. The van der Waals surface area contributed by atoms with Gasteiger partial charge in [0, 0.05) is 66.3 Å². The third-order valence-electron chi connectivity index (χ3n) is 7.60. The first-order chi connectivity index (χ1) is 28.8. The van der Waals surface area contributed by atoms with Gasteiger partial charge in [0.15, 0.2) is 43.0 Å². The van der Waals surface area contributed by atoms with Gasteiger partial charge >= 0.3 is 41.8 Å². The minimum Gasteiger partial charge on any atom is -0.463 e. The highest BCUT2D eigenvalue weighted by atomic mass is 35.5. The van der Waals surface area contributed by atoms with Crippen LogP contribution >= 0.6 is 11.6 Å². The normalized spacial score (nSPS) is 27.6. The molecule has 2 aliphatic rings. The number of hydrogen-bond acceptors (Lipinski definition) is 19. The van der Waals surface area contributed by atoms with Crippen LogP contribution < -0.4 is 10.6 Å². The first kappa shape index (κ1) is 39.8. The second kappa shape index (κ2) is 20.7. The predicted molar refractivity (Wildman–Crippen MR) is 186 cm³/mol. The summed E-state index contributed by atoms with van der Waals surface area (Å²) in [5.74, 6) is -9.35. The monoisotopic (exact) mass is 834 g/mol. The molecule has 57 heavy (non-hydrogen) atoms. The van der Waals surface area contributed by atoms with E-state index in [0.29, 0.717) is 0 Å². The van der Waals surface area contributed by atoms with Gasteiger partial charge in [-0.2, -0.15) is 0 Å². The zero-order chi connectivity index (χ0) is 45.6. The molecule has 3 rings (SSSR count). The van der Waals surface area contributed by atoms with E-state index in [1.165, 1.54) is 25.1 Å². The van der Waals surface area contributed by atoms with E-state index in [9.17, 15) is 43.2 Å². The van der Waals surface area contributed by atoms with Crippen molar-refractivity contribution < 1.29 is 96.0 Å². The number of hydrogen-bond donors (Lipinski definition) is 2. The van der Waals surface area contributed by atoms with Gasteiger partial charge in [0.1, 0.15) is 31.5 Å². The molecule has 1 unspecified atom stereocenters. The Balaban J connectivity index is 2.22. The largest absolute Gasteiger partial charge is 0.463 e. The summed E-state index contributed by atoms with van der Waals surface area (Å²) in [4.78, 5) is 113. The molecule has 2 N–H and O–H groups in total. The Hall–Kier alpha value is -5.38. The van der Waals surface area contributed by atoms with E-state index in [0.717, 1.165) is 20.8 Å². The molecular weight excluding hydrogens is 788 g/mol. The molecule has 2 amide bonds. The summed E-state index contributed by atoms with van der Waals surface area (Å²) in [5.41, 5.74) is -0.0655. The number of rotatable bonds is 14. The van der Waals surface area contributed by atoms with Gasteiger partial charge in [-0.15, -0.1) is 0 Å². The van der Waals surface area contributed by atoms with E-state index >= 15 is 0 Å². The van der Waals surface area contributed by atoms with Crippen LogP contribution in [0.3, 0.4) is 0 Å². The molecule has 22 heteroatoms. The van der Waals surface area contributed by atoms with Crippen molar-refractivity contribution in [2.45, 2.75) is 117 Å². The number of carbonyl (C=O) groups excluding carboxylic acids is 9. The molecule has 0 aromatic heterocycles. The Morgan fingerprint density at radius 2 is 1.14 bits per heavy atom. The summed E-state index contributed by atoms with van der Waals surface area (Å²) in [6.07, 6.45) is -18.8. The van der Waals surface area contributed by atoms with Crippen molar-refractivity contribution in [3.05, 3.63) is 28.8 Å². The Morgan fingerprint density at radius 3 is 1.70 bits per heavy atom. The van der Waals surface area contributed by atoms with Gasteiger partial charge in [-0.1, -0.05) is 11.6 Å². The van der Waals surface area contributed by atoms with Crippen LogP contribution in [0.15, 0.2) is 18.2 Å². The van der Waals surface area contributed by atoms with E-state index < -0.39 is 156 Å². The maximum Gasteiger partial charge on any atom is 0.303 e. The van der Waals surface area contributed by atoms with Crippen LogP contribution in [-0.4, -0.2) is 128 Å². The molecular formula is C35H43ClN2O19. The summed E-state index contributed by atoms with van der Waals surface area (Å²) >= 11 is 6.16. The van der Waals surface area contributed by atoms with Gasteiger partial charge in [0.05, 0.1) is 10.7 Å². The van der Waals surface area contributed by atoms with E-state index in [-0.39, 0.29) is 16.3 Å². The quantitative estimate of drug-likeness (QED) is 0.192. The maximum atomic E-state index is 13.7. The lowest BCUT2D eigenvalue weighted by Gasteiger charge is -2.48. The number of amides is 2. The van der Waals surface area contributed by atoms with Crippen LogP contribution in [-0.2, 0) is 85.7 Å². The van der Waals surface area contributed by atoms with Gasteiger partial charge in [-0.05, 0) is 18.2 Å². The van der Waals surface area contributed by atoms with Gasteiger partial charge in [0.25, 0.3) is 5.91 Å². The average molecular weight is 835 g/mol. The van der Waals surface area contributed by atoms with Crippen molar-refractivity contribution >= 4 is 70.9 Å². The fourth-order valence-corrected chi connectivity index (χ4v) is 5.81. The summed E-state index contributed by atoms with van der Waals surface area (Å²) < 4.78 is 85.6. The molecule has 0 aliphatic carbocycles. The lowest BCUT2D eigenvalue weighted by molar-refractivity contribution is -0.345. The molecule has 0 spiro atoms. The molecule has 314 valence electrons. The summed E-state index contributed by atoms with van der Waals surface area (Å²) in [5, 5.41) is 5.00. The number of benzene rings is 1. The first-order valence-corrected chi connectivity index (χ1v) is 16.9. The first-order valence-electron chi connectivity index (χ1n) is 19.4. The zero-order valence-electron chi connectivity index (χ0n) is 34.9. The minimum absolute atomic E-state index is 0.0474. The van der Waals surface area contributed by atoms with E-state index in [2.05, 4.69) is 10.6 Å². The van der Waals surface area contributed by atoms with Crippen molar-refractivity contribution in [1.82, 2.24) is 5.32 Å². The van der Waals surface area contributed by atoms with Crippen molar-refractivity contribution in [3.8, 4) is 0 Å². The minimum atomic E-state index is -2.12. The van der Waals surface area contributed by atoms with Gasteiger partial charge < -0.3 is 58.0 Å². The highest BCUT2D eigenvalue weighted by molar-refractivity contribution is 6.33. The van der Waals surface area contributed by atoms with Crippen LogP contribution in [0.4, 0.5) is 5.69 Å². The maximum absolute atomic E-state index is 13.7. The lowest BCUT2D eigenvalue weighted by atomic mass is 9.95. The third-order valence-corrected chi connectivity index (χ3v) is 7.92. The number of nitrogens with one attached hydrogen (secondary N) is 2. The molecule has 21 nitrogen and oxygen atoms in total. The Kier molecular flexibility index (Phi) is 14.5. The standard InChI is InChI=1S/C35H43ClN2O19/c1-14(39)37-24-11-22(9-10-23(24)36)33(47)38-34-31(53-20(7)45)29(51-18(5)43)28(25(55-34)12-48-15(2)40)57-35-32(54-21(8)46)30(52-19(6)44)27(50-17(4)42)26(56-35)13-49-16(3)41/h9-11,25-32,34-35H,12-13H2,1-8H3,(H,37,39)(H,38,47)/t25-,26-,27-,28-,29+,30+,31-,32-,34-,35?/m1/s1/i3D,4D,6D,8D. The number of esters is 7. The van der Waals surface area contributed by atoms with Crippen molar-refractivity contribution in [2.24, 2.45) is 0 Å². The van der Waals surface area contributed by atoms with Crippen molar-refractivity contribution in [1.29, 1.82) is 0 Å². The Morgan fingerprint density at radius 1 is 0.632 bits per heavy atom. The lowest BCUT2D eigenvalue weighted by Crippen LogP contribution is -2.68. The molecule has 10 atom stereocenters. The second-order valence-electron chi connectivity index (χ2n) is 12.1. The molecule has 0 bridgehead atoms. The van der Waals surface area contributed by atoms with Gasteiger partial charge in [-0.25, -0.2) is 0 Å². The van der Waals surface area contributed by atoms with Crippen LogP contribution in [0, 0.1) is 0 Å². The number of carbonyl (C=O) groups is 9. The van der Waals surface area contributed by atoms with E-state index in [1.54, 1.807) is 0 Å². The van der Waals surface area contributed by atoms with Crippen molar-refractivity contribution in [2.75, 3.05) is 18.5 Å². The summed E-state index contributed by atoms with van der Waals surface area (Å²) in [6, 6.07) is 3.78. The zero-order valence-corrected chi connectivity index (χ0v) is 31.6. The molecule has 2 aliphatic heterocycles.